The summed E-state index contributed by atoms with van der Waals surface area (Å²) >= 11 is 1.54. The fourth-order valence-corrected chi connectivity index (χ4v) is 1.25. The molecule has 0 amide bonds. The van der Waals surface area contributed by atoms with E-state index in [4.69, 9.17) is 16.6 Å². The summed E-state index contributed by atoms with van der Waals surface area (Å²) in [6, 6.07) is 2.09. The number of halogens is 4. The second kappa shape index (κ2) is 6.55. The van der Waals surface area contributed by atoms with E-state index in [2.05, 4.69) is 10.6 Å². The Balaban J connectivity index is 0.00000256. The number of benzene rings is 1. The SMILES string of the molecule is Cl.N=C(N)NC(=N)Nc1cc(F)c(I)c(F)c1. The lowest BCUT2D eigenvalue weighted by molar-refractivity contribution is 0.571. The molecule has 0 bridgehead atoms. The minimum Gasteiger partial charge on any atom is -0.370 e. The van der Waals surface area contributed by atoms with E-state index in [9.17, 15) is 8.78 Å². The predicted molar refractivity (Wildman–Crippen MR) is 72.7 cm³/mol. The Morgan fingerprint density at radius 2 is 1.71 bits per heavy atom. The first-order valence-corrected chi connectivity index (χ1v) is 5.09. The summed E-state index contributed by atoms with van der Waals surface area (Å²) in [6.45, 7) is 0. The van der Waals surface area contributed by atoms with Crippen molar-refractivity contribution >= 4 is 52.6 Å². The number of guanidine groups is 2. The Kier molecular flexibility index (Phi) is 6.10. The summed E-state index contributed by atoms with van der Waals surface area (Å²) in [7, 11) is 0. The van der Waals surface area contributed by atoms with E-state index in [1.807, 2.05) is 0 Å². The first-order chi connectivity index (χ1) is 7.40. The molecule has 1 rings (SSSR count). The van der Waals surface area contributed by atoms with Gasteiger partial charge in [0.25, 0.3) is 0 Å². The number of anilines is 1. The minimum atomic E-state index is -0.723. The molecular weight excluding hydrogens is 366 g/mol. The molecule has 1 aromatic rings. The summed E-state index contributed by atoms with van der Waals surface area (Å²) in [5.74, 6) is -2.23. The smallest absolute Gasteiger partial charge is 0.199 e. The van der Waals surface area contributed by atoms with Crippen LogP contribution in [-0.4, -0.2) is 11.9 Å². The zero-order chi connectivity index (χ0) is 12.3. The first kappa shape index (κ1) is 15.8. The Bertz CT molecular complexity index is 431. The van der Waals surface area contributed by atoms with E-state index in [1.54, 1.807) is 0 Å². The van der Waals surface area contributed by atoms with Crippen molar-refractivity contribution in [1.29, 1.82) is 10.8 Å². The van der Waals surface area contributed by atoms with Crippen molar-refractivity contribution in [2.45, 2.75) is 0 Å². The number of nitrogens with two attached hydrogens (primary N) is 1. The van der Waals surface area contributed by atoms with Gasteiger partial charge in [0.05, 0.1) is 3.57 Å². The lowest BCUT2D eigenvalue weighted by Crippen LogP contribution is -2.39. The molecule has 0 saturated carbocycles. The fraction of sp³-hybridized carbons (Fsp3) is 0. The maximum absolute atomic E-state index is 13.1. The summed E-state index contributed by atoms with van der Waals surface area (Å²) in [5, 5.41) is 18.6. The maximum atomic E-state index is 13.1. The van der Waals surface area contributed by atoms with Gasteiger partial charge in [-0.3, -0.25) is 16.1 Å². The van der Waals surface area contributed by atoms with Gasteiger partial charge in [-0.15, -0.1) is 12.4 Å². The third kappa shape index (κ3) is 4.69. The third-order valence-corrected chi connectivity index (χ3v) is 2.54. The highest BCUT2D eigenvalue weighted by Gasteiger charge is 2.09. The van der Waals surface area contributed by atoms with Gasteiger partial charge in [-0.05, 0) is 34.7 Å². The summed E-state index contributed by atoms with van der Waals surface area (Å²) in [6.07, 6.45) is 0. The molecule has 1 aromatic carbocycles. The molecule has 0 unspecified atom stereocenters. The molecule has 5 nitrogen and oxygen atoms in total. The molecule has 0 saturated heterocycles. The van der Waals surface area contributed by atoms with E-state index in [-0.39, 0.29) is 27.6 Å². The second-order valence-electron chi connectivity index (χ2n) is 2.79. The zero-order valence-corrected chi connectivity index (χ0v) is 11.2. The Morgan fingerprint density at radius 3 is 2.12 bits per heavy atom. The van der Waals surface area contributed by atoms with Crippen molar-refractivity contribution in [3.63, 3.8) is 0 Å². The predicted octanol–water partition coefficient (Wildman–Crippen LogP) is 1.82. The van der Waals surface area contributed by atoms with Crippen molar-refractivity contribution in [2.75, 3.05) is 5.32 Å². The molecule has 6 N–H and O–H groups in total. The quantitative estimate of drug-likeness (QED) is 0.224. The van der Waals surface area contributed by atoms with Crippen LogP contribution in [0.5, 0.6) is 0 Å². The van der Waals surface area contributed by atoms with E-state index >= 15 is 0 Å². The maximum Gasteiger partial charge on any atom is 0.199 e. The molecule has 17 heavy (non-hydrogen) atoms. The van der Waals surface area contributed by atoms with Gasteiger partial charge in [0.2, 0.25) is 0 Å². The summed E-state index contributed by atoms with van der Waals surface area (Å²) in [5.41, 5.74) is 5.04. The Morgan fingerprint density at radius 1 is 1.24 bits per heavy atom. The van der Waals surface area contributed by atoms with E-state index < -0.39 is 17.6 Å². The number of nitrogens with one attached hydrogen (secondary N) is 4. The van der Waals surface area contributed by atoms with Gasteiger partial charge < -0.3 is 11.1 Å². The highest BCUT2D eigenvalue weighted by molar-refractivity contribution is 14.1. The second-order valence-corrected chi connectivity index (χ2v) is 3.87. The molecule has 0 fully saturated rings. The molecule has 0 spiro atoms. The zero-order valence-electron chi connectivity index (χ0n) is 8.27. The highest BCUT2D eigenvalue weighted by Crippen LogP contribution is 2.20. The third-order valence-electron chi connectivity index (χ3n) is 1.51. The topological polar surface area (TPSA) is 97.8 Å². The fourth-order valence-electron chi connectivity index (χ4n) is 0.938. The normalized spacial score (nSPS) is 9.12. The average molecular weight is 376 g/mol. The lowest BCUT2D eigenvalue weighted by Gasteiger charge is -2.09. The van der Waals surface area contributed by atoms with Crippen LogP contribution in [0.15, 0.2) is 12.1 Å². The average Bonchev–Trinajstić information content (AvgIpc) is 2.12. The van der Waals surface area contributed by atoms with Crippen LogP contribution in [0.1, 0.15) is 0 Å². The monoisotopic (exact) mass is 375 g/mol. The molecule has 0 aliphatic heterocycles. The molecule has 0 aliphatic rings. The largest absolute Gasteiger partial charge is 0.370 e. The lowest BCUT2D eigenvalue weighted by atomic mass is 10.3. The van der Waals surface area contributed by atoms with Gasteiger partial charge in [0.15, 0.2) is 11.9 Å². The van der Waals surface area contributed by atoms with Crippen molar-refractivity contribution in [1.82, 2.24) is 5.32 Å². The molecule has 0 aliphatic carbocycles. The van der Waals surface area contributed by atoms with Gasteiger partial charge in [0.1, 0.15) is 11.6 Å². The first-order valence-electron chi connectivity index (χ1n) is 4.01. The van der Waals surface area contributed by atoms with Crippen LogP contribution < -0.4 is 16.4 Å². The molecular formula is C8H9ClF2IN5. The van der Waals surface area contributed by atoms with E-state index in [0.29, 0.717) is 0 Å². The standard InChI is InChI=1S/C8H8F2IN5.ClH/c9-4-1-3(2-5(10)6(4)11)15-8(14)16-7(12)13;/h1-2H,(H6,12,13,14,15,16);1H. The summed E-state index contributed by atoms with van der Waals surface area (Å²) < 4.78 is 26.1. The van der Waals surface area contributed by atoms with E-state index in [1.165, 1.54) is 22.6 Å². The molecule has 9 heteroatoms. The van der Waals surface area contributed by atoms with Crippen molar-refractivity contribution in [3.05, 3.63) is 27.3 Å². The van der Waals surface area contributed by atoms with E-state index in [0.717, 1.165) is 12.1 Å². The van der Waals surface area contributed by atoms with Gasteiger partial charge in [-0.25, -0.2) is 8.78 Å². The number of hydrogen-bond acceptors (Lipinski definition) is 2. The van der Waals surface area contributed by atoms with Gasteiger partial charge in [-0.2, -0.15) is 0 Å². The highest BCUT2D eigenvalue weighted by atomic mass is 127. The Hall–Kier alpha value is -1.16. The van der Waals surface area contributed by atoms with Crippen LogP contribution in [-0.2, 0) is 0 Å². The van der Waals surface area contributed by atoms with Gasteiger partial charge in [-0.1, -0.05) is 0 Å². The van der Waals surface area contributed by atoms with Crippen molar-refractivity contribution in [2.24, 2.45) is 5.73 Å². The molecule has 0 radical (unpaired) electrons. The Labute approximate surface area is 116 Å². The molecule has 0 heterocycles. The molecule has 94 valence electrons. The van der Waals surface area contributed by atoms with Crippen molar-refractivity contribution in [3.8, 4) is 0 Å². The summed E-state index contributed by atoms with van der Waals surface area (Å²) in [4.78, 5) is 0. The van der Waals surface area contributed by atoms with Crippen molar-refractivity contribution < 1.29 is 8.78 Å². The number of rotatable bonds is 1. The van der Waals surface area contributed by atoms with Crippen LogP contribution in [0.25, 0.3) is 0 Å². The van der Waals surface area contributed by atoms with Crippen LogP contribution in [0, 0.1) is 26.0 Å². The molecule has 0 aromatic heterocycles. The van der Waals surface area contributed by atoms with Gasteiger partial charge >= 0.3 is 0 Å². The van der Waals surface area contributed by atoms with Crippen LogP contribution >= 0.6 is 35.0 Å². The van der Waals surface area contributed by atoms with Crippen LogP contribution in [0.4, 0.5) is 14.5 Å². The number of hydrogen-bond donors (Lipinski definition) is 5. The minimum absolute atomic E-state index is 0. The van der Waals surface area contributed by atoms with Crippen LogP contribution in [0.2, 0.25) is 0 Å². The van der Waals surface area contributed by atoms with Crippen LogP contribution in [0.3, 0.4) is 0 Å². The molecule has 0 atom stereocenters. The van der Waals surface area contributed by atoms with Gasteiger partial charge in [0, 0.05) is 5.69 Å².